The monoisotopic (exact) mass is 374 g/mol. The molecule has 20 heavy (non-hydrogen) atoms. The molecule has 0 aliphatic rings. The Labute approximate surface area is 138 Å². The molecular formula is C15H17BrCl2N2. The molecular weight excluding hydrogens is 359 g/mol. The van der Waals surface area contributed by atoms with Gasteiger partial charge in [0.25, 0.3) is 0 Å². The molecule has 0 aliphatic carbocycles. The summed E-state index contributed by atoms with van der Waals surface area (Å²) in [5.41, 5.74) is 3.04. The van der Waals surface area contributed by atoms with Gasteiger partial charge in [0.15, 0.2) is 0 Å². The van der Waals surface area contributed by atoms with Crippen molar-refractivity contribution in [3.8, 4) is 0 Å². The smallest absolute Gasteiger partial charge is 0.0596 e. The summed E-state index contributed by atoms with van der Waals surface area (Å²) < 4.78 is 2.96. The van der Waals surface area contributed by atoms with Crippen molar-refractivity contribution in [2.24, 2.45) is 7.05 Å². The van der Waals surface area contributed by atoms with E-state index in [1.807, 2.05) is 30.8 Å². The molecule has 1 aromatic heterocycles. The molecule has 0 fully saturated rings. The number of nitrogens with zero attached hydrogens (tertiary/aromatic N) is 2. The Morgan fingerprint density at radius 1 is 1.20 bits per heavy atom. The fourth-order valence-corrected chi connectivity index (χ4v) is 3.41. The van der Waals surface area contributed by atoms with E-state index in [0.29, 0.717) is 11.8 Å². The van der Waals surface area contributed by atoms with Gasteiger partial charge < -0.3 is 0 Å². The number of hydrogen-bond acceptors (Lipinski definition) is 1. The van der Waals surface area contributed by atoms with Crippen molar-refractivity contribution in [3.05, 3.63) is 51.8 Å². The van der Waals surface area contributed by atoms with Crippen molar-refractivity contribution in [1.29, 1.82) is 0 Å². The van der Waals surface area contributed by atoms with Crippen molar-refractivity contribution in [2.75, 3.05) is 11.8 Å². The lowest BCUT2D eigenvalue weighted by molar-refractivity contribution is 0.511. The normalized spacial score (nSPS) is 11.8. The van der Waals surface area contributed by atoms with Crippen LogP contribution >= 0.6 is 39.1 Å². The third kappa shape index (κ3) is 3.21. The van der Waals surface area contributed by atoms with Crippen molar-refractivity contribution in [2.45, 2.75) is 18.8 Å². The first-order valence-electron chi connectivity index (χ1n) is 6.38. The average molecular weight is 376 g/mol. The van der Waals surface area contributed by atoms with Gasteiger partial charge in [-0.1, -0.05) is 28.1 Å². The second-order valence-electron chi connectivity index (χ2n) is 5.13. The summed E-state index contributed by atoms with van der Waals surface area (Å²) in [4.78, 5) is 0. The molecule has 0 saturated carbocycles. The van der Waals surface area contributed by atoms with E-state index in [-0.39, 0.29) is 5.41 Å². The molecule has 1 heterocycles. The Bertz CT molecular complexity index is 574. The summed E-state index contributed by atoms with van der Waals surface area (Å²) in [6.45, 7) is 1.99. The Morgan fingerprint density at radius 2 is 1.80 bits per heavy atom. The fourth-order valence-electron chi connectivity index (χ4n) is 2.37. The molecule has 0 N–H and O–H groups in total. The van der Waals surface area contributed by atoms with Crippen LogP contribution in [0.3, 0.4) is 0 Å². The van der Waals surface area contributed by atoms with Gasteiger partial charge in [-0.3, -0.25) is 4.68 Å². The molecule has 0 saturated heterocycles. The third-order valence-corrected chi connectivity index (χ3v) is 5.14. The maximum absolute atomic E-state index is 6.28. The highest BCUT2D eigenvalue weighted by Gasteiger charge is 2.32. The highest BCUT2D eigenvalue weighted by atomic mass is 79.9. The molecule has 0 radical (unpaired) electrons. The molecule has 1 aromatic carbocycles. The number of rotatable bonds is 5. The van der Waals surface area contributed by atoms with E-state index in [0.717, 1.165) is 27.8 Å². The summed E-state index contributed by atoms with van der Waals surface area (Å²) in [5.74, 6) is 0.949. The zero-order valence-corrected chi connectivity index (χ0v) is 14.6. The van der Waals surface area contributed by atoms with E-state index in [4.69, 9.17) is 23.2 Å². The lowest BCUT2D eigenvalue weighted by Gasteiger charge is -2.30. The van der Waals surface area contributed by atoms with E-state index >= 15 is 0 Å². The second kappa shape index (κ2) is 6.50. The van der Waals surface area contributed by atoms with Gasteiger partial charge in [-0.15, -0.1) is 23.2 Å². The van der Waals surface area contributed by atoms with Crippen molar-refractivity contribution < 1.29 is 0 Å². The number of aryl methyl sites for hydroxylation is 2. The van der Waals surface area contributed by atoms with Gasteiger partial charge in [0, 0.05) is 40.8 Å². The zero-order chi connectivity index (χ0) is 14.8. The lowest BCUT2D eigenvalue weighted by atomic mass is 9.80. The van der Waals surface area contributed by atoms with Gasteiger partial charge in [-0.25, -0.2) is 0 Å². The van der Waals surface area contributed by atoms with Gasteiger partial charge in [-0.05, 0) is 30.7 Å². The number of aromatic nitrogens is 2. The first kappa shape index (κ1) is 15.9. The summed E-state index contributed by atoms with van der Waals surface area (Å²) in [6, 6.07) is 10.3. The molecule has 0 aliphatic heterocycles. The maximum atomic E-state index is 6.28. The van der Waals surface area contributed by atoms with Gasteiger partial charge in [-0.2, -0.15) is 5.10 Å². The highest BCUT2D eigenvalue weighted by molar-refractivity contribution is 9.10. The third-order valence-electron chi connectivity index (χ3n) is 3.59. The molecule has 0 unspecified atom stereocenters. The molecule has 2 aromatic rings. The largest absolute Gasteiger partial charge is 0.272 e. The second-order valence-corrected chi connectivity index (χ2v) is 6.58. The number of halogens is 3. The summed E-state index contributed by atoms with van der Waals surface area (Å²) in [5, 5.41) is 4.39. The van der Waals surface area contributed by atoms with Crippen LogP contribution < -0.4 is 0 Å². The Morgan fingerprint density at radius 3 is 2.25 bits per heavy atom. The fraction of sp³-hybridized carbons (Fsp3) is 0.400. The summed E-state index contributed by atoms with van der Waals surface area (Å²) >= 11 is 16.0. The van der Waals surface area contributed by atoms with E-state index in [1.54, 1.807) is 0 Å². The predicted molar refractivity (Wildman–Crippen MR) is 88.9 cm³/mol. The SMILES string of the molecule is Cc1cc(CC(CCl)(CCl)c2ccc(Br)cc2)n(C)n1. The highest BCUT2D eigenvalue weighted by Crippen LogP contribution is 2.32. The molecule has 5 heteroatoms. The first-order chi connectivity index (χ1) is 9.50. The van der Waals surface area contributed by atoms with Gasteiger partial charge in [0.2, 0.25) is 0 Å². The topological polar surface area (TPSA) is 17.8 Å². The van der Waals surface area contributed by atoms with Crippen LogP contribution in [0.1, 0.15) is 17.0 Å². The van der Waals surface area contributed by atoms with Crippen LogP contribution in [-0.2, 0) is 18.9 Å². The van der Waals surface area contributed by atoms with Gasteiger partial charge in [0.1, 0.15) is 0 Å². The lowest BCUT2D eigenvalue weighted by Crippen LogP contribution is -2.34. The van der Waals surface area contributed by atoms with E-state index in [9.17, 15) is 0 Å². The molecule has 0 bridgehead atoms. The van der Waals surface area contributed by atoms with Crippen LogP contribution in [0.5, 0.6) is 0 Å². The molecule has 108 valence electrons. The van der Waals surface area contributed by atoms with Crippen LogP contribution in [0.4, 0.5) is 0 Å². The van der Waals surface area contributed by atoms with E-state index in [2.05, 4.69) is 39.2 Å². The van der Waals surface area contributed by atoms with Crippen LogP contribution in [0.25, 0.3) is 0 Å². The van der Waals surface area contributed by atoms with Crippen molar-refractivity contribution >= 4 is 39.1 Å². The Hall–Kier alpha value is -0.510. The summed E-state index contributed by atoms with van der Waals surface area (Å²) in [6.07, 6.45) is 0.777. The van der Waals surface area contributed by atoms with Crippen molar-refractivity contribution in [1.82, 2.24) is 9.78 Å². The number of alkyl halides is 2. The Balaban J connectivity index is 2.39. The number of benzene rings is 1. The van der Waals surface area contributed by atoms with E-state index < -0.39 is 0 Å². The van der Waals surface area contributed by atoms with Gasteiger partial charge >= 0.3 is 0 Å². The first-order valence-corrected chi connectivity index (χ1v) is 8.24. The molecule has 2 rings (SSSR count). The van der Waals surface area contributed by atoms with Crippen LogP contribution in [0.15, 0.2) is 34.8 Å². The van der Waals surface area contributed by atoms with E-state index in [1.165, 1.54) is 0 Å². The zero-order valence-electron chi connectivity index (χ0n) is 11.5. The quantitative estimate of drug-likeness (QED) is 0.706. The minimum atomic E-state index is -0.274. The van der Waals surface area contributed by atoms with Crippen molar-refractivity contribution in [3.63, 3.8) is 0 Å². The maximum Gasteiger partial charge on any atom is 0.0596 e. The Kier molecular flexibility index (Phi) is 5.16. The molecule has 2 nitrogen and oxygen atoms in total. The minimum absolute atomic E-state index is 0.274. The van der Waals surface area contributed by atoms with Crippen LogP contribution in [-0.4, -0.2) is 21.5 Å². The molecule has 0 spiro atoms. The predicted octanol–water partition coefficient (Wildman–Crippen LogP) is 4.45. The van der Waals surface area contributed by atoms with Crippen LogP contribution in [0, 0.1) is 6.92 Å². The minimum Gasteiger partial charge on any atom is -0.272 e. The van der Waals surface area contributed by atoms with Gasteiger partial charge in [0.05, 0.1) is 5.69 Å². The average Bonchev–Trinajstić information content (AvgIpc) is 2.75. The summed E-state index contributed by atoms with van der Waals surface area (Å²) in [7, 11) is 1.96. The molecule has 0 amide bonds. The molecule has 0 atom stereocenters. The number of hydrogen-bond donors (Lipinski definition) is 0. The standard InChI is InChI=1S/C15H17BrCl2N2/c1-11-7-14(20(2)19-11)8-15(9-17,10-18)12-3-5-13(16)6-4-12/h3-7H,8-10H2,1-2H3. The van der Waals surface area contributed by atoms with Crippen LogP contribution in [0.2, 0.25) is 0 Å².